The summed E-state index contributed by atoms with van der Waals surface area (Å²) in [4.78, 5) is 0. The summed E-state index contributed by atoms with van der Waals surface area (Å²) < 4.78 is 0. The zero-order valence-electron chi connectivity index (χ0n) is 7.09. The van der Waals surface area contributed by atoms with Crippen LogP contribution in [0.15, 0.2) is 0 Å². The van der Waals surface area contributed by atoms with Crippen LogP contribution in [0.2, 0.25) is 0 Å². The second-order valence-corrected chi connectivity index (χ2v) is 4.11. The minimum Gasteiger partial charge on any atom is -0.393 e. The van der Waals surface area contributed by atoms with Crippen molar-refractivity contribution in [2.75, 3.05) is 0 Å². The van der Waals surface area contributed by atoms with E-state index in [1.54, 1.807) is 0 Å². The van der Waals surface area contributed by atoms with Gasteiger partial charge >= 0.3 is 0 Å². The molecule has 0 amide bonds. The molecule has 2 aliphatic rings. The van der Waals surface area contributed by atoms with Crippen LogP contribution in [0.3, 0.4) is 0 Å². The van der Waals surface area contributed by atoms with Crippen molar-refractivity contribution in [3.8, 4) is 0 Å². The fraction of sp³-hybridized carbons (Fsp3) is 1.00. The largest absolute Gasteiger partial charge is 0.393 e. The smallest absolute Gasteiger partial charge is 0.0570 e. The maximum absolute atomic E-state index is 9.05. The number of aliphatic hydroxyl groups is 1. The van der Waals surface area contributed by atoms with E-state index in [0.717, 1.165) is 18.8 Å². The third-order valence-electron chi connectivity index (χ3n) is 2.94. The van der Waals surface area contributed by atoms with Gasteiger partial charge in [0.1, 0.15) is 0 Å². The van der Waals surface area contributed by atoms with E-state index in [-0.39, 0.29) is 6.10 Å². The van der Waals surface area contributed by atoms with Crippen LogP contribution in [0.25, 0.3) is 0 Å². The molecule has 0 aromatic heterocycles. The van der Waals surface area contributed by atoms with E-state index in [9.17, 15) is 0 Å². The summed E-state index contributed by atoms with van der Waals surface area (Å²) in [5.74, 6) is 0.938. The van der Waals surface area contributed by atoms with E-state index in [4.69, 9.17) is 5.11 Å². The molecule has 11 heavy (non-hydrogen) atoms. The van der Waals surface area contributed by atoms with Gasteiger partial charge < -0.3 is 10.4 Å². The van der Waals surface area contributed by atoms with Gasteiger partial charge in [-0.1, -0.05) is 0 Å². The van der Waals surface area contributed by atoms with Crippen molar-refractivity contribution in [1.29, 1.82) is 0 Å². The van der Waals surface area contributed by atoms with Gasteiger partial charge in [-0.3, -0.25) is 0 Å². The van der Waals surface area contributed by atoms with Crippen molar-refractivity contribution in [2.24, 2.45) is 5.92 Å². The van der Waals surface area contributed by atoms with E-state index in [1.165, 1.54) is 12.8 Å². The van der Waals surface area contributed by atoms with Gasteiger partial charge in [-0.05, 0) is 38.5 Å². The van der Waals surface area contributed by atoms with E-state index in [1.807, 2.05) is 0 Å². The van der Waals surface area contributed by atoms with Crippen LogP contribution in [0, 0.1) is 5.92 Å². The van der Waals surface area contributed by atoms with Crippen molar-refractivity contribution in [3.05, 3.63) is 0 Å². The Balaban J connectivity index is 1.65. The maximum atomic E-state index is 9.05. The molecule has 2 rings (SSSR count). The first kappa shape index (κ1) is 7.56. The first-order valence-corrected chi connectivity index (χ1v) is 4.70. The highest BCUT2D eigenvalue weighted by Crippen LogP contribution is 2.33. The quantitative estimate of drug-likeness (QED) is 0.634. The SMILES string of the molecule is CC(NC1CC(O)C1)C1CC1. The molecule has 0 aliphatic heterocycles. The molecule has 0 heterocycles. The molecule has 2 aliphatic carbocycles. The van der Waals surface area contributed by atoms with Gasteiger partial charge in [0, 0.05) is 12.1 Å². The lowest BCUT2D eigenvalue weighted by atomic mass is 9.89. The first-order chi connectivity index (χ1) is 5.25. The predicted octanol–water partition coefficient (Wildman–Crippen LogP) is 0.898. The number of hydrogen-bond acceptors (Lipinski definition) is 2. The van der Waals surface area contributed by atoms with E-state index < -0.39 is 0 Å². The van der Waals surface area contributed by atoms with Crippen molar-refractivity contribution < 1.29 is 5.11 Å². The minimum atomic E-state index is -0.0149. The molecule has 1 atom stereocenters. The van der Waals surface area contributed by atoms with Gasteiger partial charge in [-0.25, -0.2) is 0 Å². The summed E-state index contributed by atoms with van der Waals surface area (Å²) >= 11 is 0. The second kappa shape index (κ2) is 2.76. The summed E-state index contributed by atoms with van der Waals surface area (Å²) in [5, 5.41) is 12.6. The Kier molecular flexibility index (Phi) is 1.90. The molecule has 0 radical (unpaired) electrons. The van der Waals surface area contributed by atoms with Crippen LogP contribution >= 0.6 is 0 Å². The summed E-state index contributed by atoms with van der Waals surface area (Å²) in [5.41, 5.74) is 0. The van der Waals surface area contributed by atoms with Crippen LogP contribution < -0.4 is 5.32 Å². The number of aliphatic hydroxyl groups excluding tert-OH is 1. The third kappa shape index (κ3) is 1.74. The molecule has 2 N–H and O–H groups in total. The average Bonchev–Trinajstić information content (AvgIpc) is 2.64. The lowest BCUT2D eigenvalue weighted by molar-refractivity contribution is 0.0575. The Morgan fingerprint density at radius 3 is 2.45 bits per heavy atom. The minimum absolute atomic E-state index is 0.0149. The van der Waals surface area contributed by atoms with Crippen LogP contribution in [0.4, 0.5) is 0 Å². The normalized spacial score (nSPS) is 39.8. The zero-order valence-corrected chi connectivity index (χ0v) is 7.09. The molecule has 2 nitrogen and oxygen atoms in total. The Morgan fingerprint density at radius 1 is 1.36 bits per heavy atom. The van der Waals surface area contributed by atoms with E-state index >= 15 is 0 Å². The standard InChI is InChI=1S/C9H17NO/c1-6(7-2-3-7)10-8-4-9(11)5-8/h6-11H,2-5H2,1H3. The number of hydrogen-bond donors (Lipinski definition) is 2. The molecule has 0 aromatic carbocycles. The van der Waals surface area contributed by atoms with Gasteiger partial charge in [0.05, 0.1) is 6.10 Å². The summed E-state index contributed by atoms with van der Waals surface area (Å²) in [6, 6.07) is 1.30. The lowest BCUT2D eigenvalue weighted by Crippen LogP contribution is -2.48. The highest BCUT2D eigenvalue weighted by molar-refractivity contribution is 4.91. The molecule has 0 bridgehead atoms. The molecule has 2 fully saturated rings. The van der Waals surface area contributed by atoms with E-state index in [0.29, 0.717) is 12.1 Å². The highest BCUT2D eigenvalue weighted by atomic mass is 16.3. The zero-order chi connectivity index (χ0) is 7.84. The van der Waals surface area contributed by atoms with Gasteiger partial charge in [0.15, 0.2) is 0 Å². The molecule has 64 valence electrons. The van der Waals surface area contributed by atoms with Gasteiger partial charge in [0.25, 0.3) is 0 Å². The van der Waals surface area contributed by atoms with Crippen LogP contribution in [0.5, 0.6) is 0 Å². The third-order valence-corrected chi connectivity index (χ3v) is 2.94. The molecule has 0 aromatic rings. The maximum Gasteiger partial charge on any atom is 0.0570 e. The monoisotopic (exact) mass is 155 g/mol. The fourth-order valence-electron chi connectivity index (χ4n) is 1.83. The van der Waals surface area contributed by atoms with Crippen LogP contribution in [-0.4, -0.2) is 23.3 Å². The van der Waals surface area contributed by atoms with Gasteiger partial charge in [-0.2, -0.15) is 0 Å². The first-order valence-electron chi connectivity index (χ1n) is 4.70. The fourth-order valence-corrected chi connectivity index (χ4v) is 1.83. The molecule has 0 spiro atoms. The van der Waals surface area contributed by atoms with Crippen molar-refractivity contribution in [2.45, 2.75) is 50.8 Å². The summed E-state index contributed by atoms with van der Waals surface area (Å²) in [6.45, 7) is 2.27. The molecular weight excluding hydrogens is 138 g/mol. The number of nitrogens with one attached hydrogen (secondary N) is 1. The van der Waals surface area contributed by atoms with Gasteiger partial charge in [-0.15, -0.1) is 0 Å². The average molecular weight is 155 g/mol. The van der Waals surface area contributed by atoms with Crippen LogP contribution in [-0.2, 0) is 0 Å². The Hall–Kier alpha value is -0.0800. The van der Waals surface area contributed by atoms with Crippen LogP contribution in [0.1, 0.15) is 32.6 Å². The van der Waals surface area contributed by atoms with Crippen molar-refractivity contribution in [1.82, 2.24) is 5.32 Å². The summed E-state index contributed by atoms with van der Waals surface area (Å²) in [6.07, 6.45) is 4.74. The molecule has 2 heteroatoms. The van der Waals surface area contributed by atoms with Gasteiger partial charge in [0.2, 0.25) is 0 Å². The molecule has 2 saturated carbocycles. The summed E-state index contributed by atoms with van der Waals surface area (Å²) in [7, 11) is 0. The molecule has 1 unspecified atom stereocenters. The Bertz CT molecular complexity index is 138. The van der Waals surface area contributed by atoms with E-state index in [2.05, 4.69) is 12.2 Å². The van der Waals surface area contributed by atoms with Crippen molar-refractivity contribution >= 4 is 0 Å². The van der Waals surface area contributed by atoms with Crippen molar-refractivity contribution in [3.63, 3.8) is 0 Å². The lowest BCUT2D eigenvalue weighted by Gasteiger charge is -2.34. The predicted molar refractivity (Wildman–Crippen MR) is 44.4 cm³/mol. The molecular formula is C9H17NO. The number of rotatable bonds is 3. The Labute approximate surface area is 68.0 Å². The Morgan fingerprint density at radius 2 is 2.00 bits per heavy atom. The topological polar surface area (TPSA) is 32.3 Å². The highest BCUT2D eigenvalue weighted by Gasteiger charge is 2.33. The molecule has 0 saturated heterocycles. The second-order valence-electron chi connectivity index (χ2n) is 4.11.